The van der Waals surface area contributed by atoms with E-state index in [9.17, 15) is 0 Å². The topological polar surface area (TPSA) is 53.1 Å². The quantitative estimate of drug-likeness (QED) is 0.927. The van der Waals surface area contributed by atoms with Crippen molar-refractivity contribution in [3.05, 3.63) is 47.3 Å². The van der Waals surface area contributed by atoms with Gasteiger partial charge in [-0.1, -0.05) is 6.07 Å². The number of hydrogen-bond donors (Lipinski definition) is 1. The van der Waals surface area contributed by atoms with Gasteiger partial charge in [0.2, 0.25) is 0 Å². The van der Waals surface area contributed by atoms with Crippen LogP contribution in [0, 0.1) is 0 Å². The van der Waals surface area contributed by atoms with Crippen LogP contribution in [0.5, 0.6) is 5.75 Å². The molecule has 0 saturated heterocycles. The van der Waals surface area contributed by atoms with Crippen LogP contribution in [0.25, 0.3) is 0 Å². The van der Waals surface area contributed by atoms with Crippen LogP contribution in [0.15, 0.2) is 30.6 Å². The number of nitrogens with two attached hydrogens (primary N) is 1. The summed E-state index contributed by atoms with van der Waals surface area (Å²) >= 11 is 0. The summed E-state index contributed by atoms with van der Waals surface area (Å²) in [6.45, 7) is 0. The molecule has 1 aliphatic rings. The van der Waals surface area contributed by atoms with Gasteiger partial charge in [0.05, 0.1) is 13.3 Å². The fourth-order valence-corrected chi connectivity index (χ4v) is 3.08. The number of fused-ring (bicyclic) bond motifs is 1. The number of methoxy groups -OCH3 is 1. The smallest absolute Gasteiger partial charge is 0.119 e. The van der Waals surface area contributed by atoms with Crippen LogP contribution < -0.4 is 10.5 Å². The van der Waals surface area contributed by atoms with Crippen molar-refractivity contribution in [2.24, 2.45) is 12.8 Å². The Kier molecular flexibility index (Phi) is 3.26. The SMILES string of the molecule is COc1ccc2c(c1)C(N)(CCc1cnn(C)c1)CC2. The van der Waals surface area contributed by atoms with Crippen molar-refractivity contribution in [1.82, 2.24) is 9.78 Å². The van der Waals surface area contributed by atoms with Crippen molar-refractivity contribution in [2.75, 3.05) is 7.11 Å². The first kappa shape index (κ1) is 13.2. The third-order valence-electron chi connectivity index (χ3n) is 4.31. The highest BCUT2D eigenvalue weighted by Crippen LogP contribution is 2.39. The van der Waals surface area contributed by atoms with Crippen molar-refractivity contribution < 1.29 is 4.74 Å². The van der Waals surface area contributed by atoms with E-state index in [0.29, 0.717) is 0 Å². The van der Waals surface area contributed by atoms with Crippen LogP contribution in [0.3, 0.4) is 0 Å². The summed E-state index contributed by atoms with van der Waals surface area (Å²) in [7, 11) is 3.64. The van der Waals surface area contributed by atoms with E-state index in [4.69, 9.17) is 10.5 Å². The van der Waals surface area contributed by atoms with Crippen molar-refractivity contribution >= 4 is 0 Å². The summed E-state index contributed by atoms with van der Waals surface area (Å²) in [5.74, 6) is 0.891. The number of rotatable bonds is 4. The number of hydrogen-bond acceptors (Lipinski definition) is 3. The largest absolute Gasteiger partial charge is 0.497 e. The average molecular weight is 271 g/mol. The first-order chi connectivity index (χ1) is 9.60. The first-order valence-electron chi connectivity index (χ1n) is 7.04. The maximum absolute atomic E-state index is 6.67. The molecule has 0 fully saturated rings. The van der Waals surface area contributed by atoms with Gasteiger partial charge in [0.1, 0.15) is 5.75 Å². The first-order valence-corrected chi connectivity index (χ1v) is 7.04. The molecule has 0 amide bonds. The standard InChI is InChI=1S/C16H21N3O/c1-19-11-12(10-18-19)5-7-16(17)8-6-13-3-4-14(20-2)9-15(13)16/h3-4,9-11H,5-8,17H2,1-2H3. The Morgan fingerprint density at radius 1 is 1.45 bits per heavy atom. The highest BCUT2D eigenvalue weighted by molar-refractivity contribution is 5.43. The summed E-state index contributed by atoms with van der Waals surface area (Å²) in [5.41, 5.74) is 10.3. The maximum Gasteiger partial charge on any atom is 0.119 e. The lowest BCUT2D eigenvalue weighted by Gasteiger charge is -2.25. The van der Waals surface area contributed by atoms with Crippen LogP contribution in [-0.2, 0) is 25.4 Å². The molecule has 4 nitrogen and oxygen atoms in total. The van der Waals surface area contributed by atoms with Gasteiger partial charge in [-0.15, -0.1) is 0 Å². The van der Waals surface area contributed by atoms with Gasteiger partial charge in [0.15, 0.2) is 0 Å². The van der Waals surface area contributed by atoms with E-state index in [1.165, 1.54) is 16.7 Å². The molecule has 2 aromatic rings. The Hall–Kier alpha value is -1.81. The Balaban J connectivity index is 1.80. The van der Waals surface area contributed by atoms with Gasteiger partial charge < -0.3 is 10.5 Å². The molecule has 1 aromatic heterocycles. The lowest BCUT2D eigenvalue weighted by Crippen LogP contribution is -2.34. The molecule has 1 atom stereocenters. The minimum atomic E-state index is -0.236. The molecule has 1 heterocycles. The predicted octanol–water partition coefficient (Wildman–Crippen LogP) is 2.16. The molecule has 2 N–H and O–H groups in total. The van der Waals surface area contributed by atoms with E-state index in [-0.39, 0.29) is 5.54 Å². The summed E-state index contributed by atoms with van der Waals surface area (Å²) in [5, 5.41) is 4.21. The lowest BCUT2D eigenvalue weighted by atomic mass is 9.87. The molecule has 0 bridgehead atoms. The monoisotopic (exact) mass is 271 g/mol. The second-order valence-electron chi connectivity index (χ2n) is 5.70. The lowest BCUT2D eigenvalue weighted by molar-refractivity contribution is 0.396. The number of benzene rings is 1. The molecule has 4 heteroatoms. The van der Waals surface area contributed by atoms with Gasteiger partial charge in [-0.3, -0.25) is 4.68 Å². The van der Waals surface area contributed by atoms with Crippen LogP contribution in [0.1, 0.15) is 29.5 Å². The molecule has 106 valence electrons. The molecule has 20 heavy (non-hydrogen) atoms. The molecular formula is C16H21N3O. The van der Waals surface area contributed by atoms with Crippen molar-refractivity contribution in [3.8, 4) is 5.75 Å². The van der Waals surface area contributed by atoms with Gasteiger partial charge in [-0.25, -0.2) is 0 Å². The summed E-state index contributed by atoms with van der Waals surface area (Å²) < 4.78 is 7.17. The van der Waals surface area contributed by atoms with E-state index in [1.807, 2.05) is 24.0 Å². The van der Waals surface area contributed by atoms with E-state index in [0.717, 1.165) is 31.4 Å². The summed E-state index contributed by atoms with van der Waals surface area (Å²) in [6.07, 6.45) is 7.95. The van der Waals surface area contributed by atoms with Gasteiger partial charge in [0.25, 0.3) is 0 Å². The number of nitrogens with zero attached hydrogens (tertiary/aromatic N) is 2. The van der Waals surface area contributed by atoms with Gasteiger partial charge in [-0.2, -0.15) is 5.10 Å². The van der Waals surface area contributed by atoms with E-state index >= 15 is 0 Å². The second-order valence-corrected chi connectivity index (χ2v) is 5.70. The molecule has 1 aromatic carbocycles. The van der Waals surface area contributed by atoms with E-state index in [1.54, 1.807) is 7.11 Å². The van der Waals surface area contributed by atoms with Crippen LogP contribution in [0.2, 0.25) is 0 Å². The predicted molar refractivity (Wildman–Crippen MR) is 78.7 cm³/mol. The fraction of sp³-hybridized carbons (Fsp3) is 0.438. The van der Waals surface area contributed by atoms with Gasteiger partial charge >= 0.3 is 0 Å². The molecule has 0 spiro atoms. The second kappa shape index (κ2) is 4.94. The zero-order valence-electron chi connectivity index (χ0n) is 12.1. The third-order valence-corrected chi connectivity index (χ3v) is 4.31. The highest BCUT2D eigenvalue weighted by atomic mass is 16.5. The van der Waals surface area contributed by atoms with Crippen LogP contribution >= 0.6 is 0 Å². The average Bonchev–Trinajstić information content (AvgIpc) is 3.01. The molecule has 1 aliphatic carbocycles. The Morgan fingerprint density at radius 3 is 3.00 bits per heavy atom. The summed E-state index contributed by atoms with van der Waals surface area (Å²) in [4.78, 5) is 0. The Labute approximate surface area is 119 Å². The Morgan fingerprint density at radius 2 is 2.30 bits per heavy atom. The van der Waals surface area contributed by atoms with Gasteiger partial charge in [-0.05, 0) is 54.5 Å². The third kappa shape index (κ3) is 2.31. The van der Waals surface area contributed by atoms with Crippen molar-refractivity contribution in [1.29, 1.82) is 0 Å². The molecule has 0 radical (unpaired) electrons. The zero-order chi connectivity index (χ0) is 14.2. The molecule has 3 rings (SSSR count). The fourth-order valence-electron chi connectivity index (χ4n) is 3.08. The van der Waals surface area contributed by atoms with Gasteiger partial charge in [0, 0.05) is 18.8 Å². The normalized spacial score (nSPS) is 20.9. The minimum Gasteiger partial charge on any atom is -0.497 e. The van der Waals surface area contributed by atoms with Crippen LogP contribution in [0.4, 0.5) is 0 Å². The number of aromatic nitrogens is 2. The number of aryl methyl sites for hydroxylation is 3. The van der Waals surface area contributed by atoms with E-state index in [2.05, 4.69) is 23.4 Å². The van der Waals surface area contributed by atoms with E-state index < -0.39 is 0 Å². The Bertz CT molecular complexity index is 620. The molecule has 0 saturated carbocycles. The molecule has 1 unspecified atom stereocenters. The molecular weight excluding hydrogens is 250 g/mol. The zero-order valence-corrected chi connectivity index (χ0v) is 12.1. The van der Waals surface area contributed by atoms with Crippen molar-refractivity contribution in [2.45, 2.75) is 31.2 Å². The minimum absolute atomic E-state index is 0.236. The number of ether oxygens (including phenoxy) is 1. The van der Waals surface area contributed by atoms with Crippen LogP contribution in [-0.4, -0.2) is 16.9 Å². The summed E-state index contributed by atoms with van der Waals surface area (Å²) in [6, 6.07) is 6.27. The van der Waals surface area contributed by atoms with Crippen molar-refractivity contribution in [3.63, 3.8) is 0 Å². The highest BCUT2D eigenvalue weighted by Gasteiger charge is 2.34. The molecule has 0 aliphatic heterocycles. The maximum atomic E-state index is 6.67.